The highest BCUT2D eigenvalue weighted by Crippen LogP contribution is 2.43. The highest BCUT2D eigenvalue weighted by molar-refractivity contribution is 5.78. The van der Waals surface area contributed by atoms with Gasteiger partial charge in [0.2, 0.25) is 0 Å². The normalized spacial score (nSPS) is 16.1. The first-order chi connectivity index (χ1) is 7.88. The Balaban J connectivity index is 2.09. The Bertz CT molecular complexity index is 537. The molecule has 0 aliphatic heterocycles. The first kappa shape index (κ1) is 9.39. The van der Waals surface area contributed by atoms with Crippen molar-refractivity contribution < 1.29 is 0 Å². The summed E-state index contributed by atoms with van der Waals surface area (Å²) in [6.07, 6.45) is 8.18. The van der Waals surface area contributed by atoms with Crippen molar-refractivity contribution in [2.24, 2.45) is 0 Å². The summed E-state index contributed by atoms with van der Waals surface area (Å²) in [6, 6.07) is 2.17. The van der Waals surface area contributed by atoms with Gasteiger partial charge in [0.1, 0.15) is 11.3 Å². The van der Waals surface area contributed by atoms with Crippen LogP contribution in [0.2, 0.25) is 0 Å². The van der Waals surface area contributed by atoms with Crippen molar-refractivity contribution in [3.8, 4) is 0 Å². The maximum Gasteiger partial charge on any atom is 0.134 e. The average Bonchev–Trinajstić information content (AvgIpc) is 3.04. The fraction of sp³-hybridized carbons (Fsp3) is 0.333. The number of allylic oxidation sites excluding steroid dienone is 1. The predicted molar refractivity (Wildman–Crippen MR) is 64.3 cm³/mol. The van der Waals surface area contributed by atoms with Crippen molar-refractivity contribution in [2.75, 3.05) is 5.32 Å². The molecule has 4 heteroatoms. The molecule has 2 heterocycles. The summed E-state index contributed by atoms with van der Waals surface area (Å²) >= 11 is 0. The lowest BCUT2D eigenvalue weighted by atomic mass is 10.1. The molecular formula is C12H14N4. The van der Waals surface area contributed by atoms with Gasteiger partial charge < -0.3 is 5.32 Å². The van der Waals surface area contributed by atoms with Crippen LogP contribution in [0.15, 0.2) is 24.5 Å². The Morgan fingerprint density at radius 3 is 3.12 bits per heavy atom. The van der Waals surface area contributed by atoms with Crippen molar-refractivity contribution >= 4 is 16.9 Å². The summed E-state index contributed by atoms with van der Waals surface area (Å²) in [7, 11) is 0. The number of nitrogens with one attached hydrogen (secondary N) is 2. The van der Waals surface area contributed by atoms with E-state index in [9.17, 15) is 0 Å². The highest BCUT2D eigenvalue weighted by Gasteiger charge is 2.27. The van der Waals surface area contributed by atoms with Gasteiger partial charge in [0.15, 0.2) is 0 Å². The van der Waals surface area contributed by atoms with Crippen molar-refractivity contribution in [1.82, 2.24) is 15.2 Å². The Kier molecular flexibility index (Phi) is 2.13. The third-order valence-electron chi connectivity index (χ3n) is 2.86. The van der Waals surface area contributed by atoms with Crippen LogP contribution >= 0.6 is 0 Å². The Morgan fingerprint density at radius 1 is 1.50 bits per heavy atom. The van der Waals surface area contributed by atoms with Gasteiger partial charge in [0.25, 0.3) is 0 Å². The maximum atomic E-state index is 4.58. The van der Waals surface area contributed by atoms with E-state index in [4.69, 9.17) is 0 Å². The fourth-order valence-corrected chi connectivity index (χ4v) is 1.88. The van der Waals surface area contributed by atoms with Gasteiger partial charge in [0, 0.05) is 5.56 Å². The van der Waals surface area contributed by atoms with E-state index in [2.05, 4.69) is 26.6 Å². The smallest absolute Gasteiger partial charge is 0.134 e. The van der Waals surface area contributed by atoms with Gasteiger partial charge in [-0.1, -0.05) is 6.08 Å². The van der Waals surface area contributed by atoms with E-state index in [1.807, 2.05) is 19.2 Å². The van der Waals surface area contributed by atoms with Crippen molar-refractivity contribution in [2.45, 2.75) is 25.7 Å². The van der Waals surface area contributed by atoms with E-state index in [1.165, 1.54) is 18.4 Å². The number of aromatic amines is 1. The molecule has 0 atom stereocenters. The zero-order chi connectivity index (χ0) is 11.0. The molecule has 2 aromatic rings. The lowest BCUT2D eigenvalue weighted by Gasteiger charge is -2.07. The number of fused-ring (bicyclic) bond motifs is 1. The molecule has 1 fully saturated rings. The maximum absolute atomic E-state index is 4.58. The van der Waals surface area contributed by atoms with Crippen molar-refractivity contribution in [3.63, 3.8) is 0 Å². The van der Waals surface area contributed by atoms with E-state index in [0.29, 0.717) is 5.92 Å². The number of nitrogens with zero attached hydrogens (tertiary/aromatic N) is 2. The SMILES string of the molecule is C/C=C/Nc1nc2cn[nH]c2cc1C1CC1. The summed E-state index contributed by atoms with van der Waals surface area (Å²) < 4.78 is 0. The first-order valence-corrected chi connectivity index (χ1v) is 5.60. The number of H-pyrrole nitrogens is 1. The van der Waals surface area contributed by atoms with Gasteiger partial charge in [-0.15, -0.1) is 0 Å². The lowest BCUT2D eigenvalue weighted by Crippen LogP contribution is -1.97. The van der Waals surface area contributed by atoms with Gasteiger partial charge in [-0.3, -0.25) is 5.10 Å². The molecule has 0 aromatic carbocycles. The molecule has 0 saturated heterocycles. The summed E-state index contributed by atoms with van der Waals surface area (Å²) in [5.41, 5.74) is 3.24. The molecular weight excluding hydrogens is 200 g/mol. The second kappa shape index (κ2) is 3.63. The van der Waals surface area contributed by atoms with Crippen LogP contribution in [0.4, 0.5) is 5.82 Å². The molecule has 0 spiro atoms. The molecule has 4 nitrogen and oxygen atoms in total. The molecule has 1 aliphatic carbocycles. The van der Waals surface area contributed by atoms with Crippen LogP contribution in [-0.2, 0) is 0 Å². The largest absolute Gasteiger partial charge is 0.347 e. The van der Waals surface area contributed by atoms with Crippen LogP contribution in [-0.4, -0.2) is 15.2 Å². The molecule has 82 valence electrons. The number of rotatable bonds is 3. The average molecular weight is 214 g/mol. The van der Waals surface area contributed by atoms with Gasteiger partial charge >= 0.3 is 0 Å². The van der Waals surface area contributed by atoms with Crippen LogP contribution in [0.5, 0.6) is 0 Å². The third-order valence-corrected chi connectivity index (χ3v) is 2.86. The van der Waals surface area contributed by atoms with Crippen molar-refractivity contribution in [3.05, 3.63) is 30.1 Å². The van der Waals surface area contributed by atoms with Crippen LogP contribution < -0.4 is 5.32 Å². The summed E-state index contributed by atoms with van der Waals surface area (Å²) in [5.74, 6) is 1.64. The second-order valence-corrected chi connectivity index (χ2v) is 4.15. The van der Waals surface area contributed by atoms with Gasteiger partial charge in [-0.25, -0.2) is 4.98 Å². The summed E-state index contributed by atoms with van der Waals surface area (Å²) in [5, 5.41) is 10.2. The van der Waals surface area contributed by atoms with E-state index in [1.54, 1.807) is 6.20 Å². The molecule has 0 amide bonds. The van der Waals surface area contributed by atoms with Crippen LogP contribution in [0.25, 0.3) is 11.0 Å². The van der Waals surface area contributed by atoms with Gasteiger partial charge in [-0.05, 0) is 37.9 Å². The minimum Gasteiger partial charge on any atom is -0.347 e. The quantitative estimate of drug-likeness (QED) is 0.826. The van der Waals surface area contributed by atoms with Crippen LogP contribution in [0.1, 0.15) is 31.2 Å². The minimum absolute atomic E-state index is 0.674. The molecule has 16 heavy (non-hydrogen) atoms. The Morgan fingerprint density at radius 2 is 2.38 bits per heavy atom. The topological polar surface area (TPSA) is 53.6 Å². The van der Waals surface area contributed by atoms with E-state index in [-0.39, 0.29) is 0 Å². The number of anilines is 1. The highest BCUT2D eigenvalue weighted by atomic mass is 15.1. The molecule has 1 aliphatic rings. The lowest BCUT2D eigenvalue weighted by molar-refractivity contribution is 1.10. The number of hydrogen-bond acceptors (Lipinski definition) is 3. The van der Waals surface area contributed by atoms with E-state index >= 15 is 0 Å². The summed E-state index contributed by atoms with van der Waals surface area (Å²) in [6.45, 7) is 1.99. The first-order valence-electron chi connectivity index (χ1n) is 5.60. The van der Waals surface area contributed by atoms with Gasteiger partial charge in [-0.2, -0.15) is 5.10 Å². The molecule has 2 N–H and O–H groups in total. The Hall–Kier alpha value is -1.84. The standard InChI is InChI=1S/C12H14N4/c1-2-5-13-12-9(8-3-4-8)6-10-11(15-12)7-14-16-10/h2,5-8H,3-4H2,1H3,(H,13,15)(H,14,16)/b5-2+. The molecule has 0 bridgehead atoms. The molecule has 0 radical (unpaired) electrons. The van der Waals surface area contributed by atoms with Crippen molar-refractivity contribution in [1.29, 1.82) is 0 Å². The zero-order valence-corrected chi connectivity index (χ0v) is 9.20. The molecule has 2 aromatic heterocycles. The molecule has 3 rings (SSSR count). The number of pyridine rings is 1. The fourth-order valence-electron chi connectivity index (χ4n) is 1.88. The minimum atomic E-state index is 0.674. The zero-order valence-electron chi connectivity index (χ0n) is 9.20. The third kappa shape index (κ3) is 1.56. The van der Waals surface area contributed by atoms with Crippen LogP contribution in [0, 0.1) is 0 Å². The molecule has 0 unspecified atom stereocenters. The van der Waals surface area contributed by atoms with E-state index in [0.717, 1.165) is 16.9 Å². The van der Waals surface area contributed by atoms with E-state index < -0.39 is 0 Å². The monoisotopic (exact) mass is 214 g/mol. The molecule has 1 saturated carbocycles. The predicted octanol–water partition coefficient (Wildman–Crippen LogP) is 2.78. The Labute approximate surface area is 93.8 Å². The second-order valence-electron chi connectivity index (χ2n) is 4.15. The number of aromatic nitrogens is 3. The van der Waals surface area contributed by atoms with Gasteiger partial charge in [0.05, 0.1) is 11.7 Å². The van der Waals surface area contributed by atoms with Crippen LogP contribution in [0.3, 0.4) is 0 Å². The summed E-state index contributed by atoms with van der Waals surface area (Å²) in [4.78, 5) is 4.58. The number of hydrogen-bond donors (Lipinski definition) is 2.